The summed E-state index contributed by atoms with van der Waals surface area (Å²) in [4.78, 5) is 12.0. The third kappa shape index (κ3) is 3.64. The van der Waals surface area contributed by atoms with Gasteiger partial charge in [-0.15, -0.1) is 0 Å². The molecular formula is C14H10Br2FNO. The monoisotopic (exact) mass is 385 g/mol. The van der Waals surface area contributed by atoms with Gasteiger partial charge in [0.2, 0.25) is 0 Å². The number of carbonyl (C=O) groups is 1. The molecule has 0 aliphatic heterocycles. The summed E-state index contributed by atoms with van der Waals surface area (Å²) in [5.74, 6) is -1.02. The maximum atomic E-state index is 13.6. The summed E-state index contributed by atoms with van der Waals surface area (Å²) in [5.41, 5.74) is 1.63. The van der Waals surface area contributed by atoms with Gasteiger partial charge < -0.3 is 5.32 Å². The number of carbonyl (C=O) groups excluding carboxylic acids is 1. The minimum atomic E-state index is -0.549. The summed E-state index contributed by atoms with van der Waals surface area (Å²) < 4.78 is 15.1. The second-order valence-electron chi connectivity index (χ2n) is 4.10. The summed E-state index contributed by atoms with van der Waals surface area (Å²) in [6.07, 6.45) is 0. The molecule has 1 amide bonds. The second-order valence-corrected chi connectivity index (χ2v) is 5.93. The van der Waals surface area contributed by atoms with E-state index in [4.69, 9.17) is 0 Å². The first-order valence-electron chi connectivity index (χ1n) is 5.49. The fraction of sp³-hybridized carbons (Fsp3) is 0.0714. The van der Waals surface area contributed by atoms with Gasteiger partial charge in [0.1, 0.15) is 5.82 Å². The summed E-state index contributed by atoms with van der Waals surface area (Å²) in [5, 5.41) is 2.68. The van der Waals surface area contributed by atoms with Crippen LogP contribution in [0.2, 0.25) is 0 Å². The first kappa shape index (κ1) is 14.2. The largest absolute Gasteiger partial charge is 0.322 e. The van der Waals surface area contributed by atoms with Gasteiger partial charge in [0.15, 0.2) is 0 Å². The van der Waals surface area contributed by atoms with Crippen LogP contribution in [0.4, 0.5) is 10.1 Å². The van der Waals surface area contributed by atoms with Gasteiger partial charge in [-0.05, 0) is 48.9 Å². The molecule has 0 fully saturated rings. The molecule has 0 atom stereocenters. The highest BCUT2D eigenvalue weighted by molar-refractivity contribution is 9.10. The van der Waals surface area contributed by atoms with Crippen LogP contribution >= 0.6 is 31.9 Å². The van der Waals surface area contributed by atoms with Crippen molar-refractivity contribution in [1.29, 1.82) is 0 Å². The predicted molar refractivity (Wildman–Crippen MR) is 80.9 cm³/mol. The Balaban J connectivity index is 2.28. The molecule has 0 aliphatic rings. The Hall–Kier alpha value is -1.20. The van der Waals surface area contributed by atoms with Crippen LogP contribution in [-0.4, -0.2) is 5.91 Å². The highest BCUT2D eigenvalue weighted by Crippen LogP contribution is 2.21. The molecule has 1 N–H and O–H groups in total. The van der Waals surface area contributed by atoms with Gasteiger partial charge in [0, 0.05) is 14.6 Å². The smallest absolute Gasteiger partial charge is 0.258 e. The minimum absolute atomic E-state index is 0.00648. The normalized spacial score (nSPS) is 10.3. The molecule has 0 radical (unpaired) electrons. The Morgan fingerprint density at radius 2 is 1.84 bits per heavy atom. The lowest BCUT2D eigenvalue weighted by Gasteiger charge is -2.08. The highest BCUT2D eigenvalue weighted by Gasteiger charge is 2.12. The van der Waals surface area contributed by atoms with Crippen LogP contribution in [0.25, 0.3) is 0 Å². The Morgan fingerprint density at radius 1 is 1.11 bits per heavy atom. The molecule has 0 aromatic heterocycles. The van der Waals surface area contributed by atoms with Gasteiger partial charge in [-0.1, -0.05) is 31.9 Å². The summed E-state index contributed by atoms with van der Waals surface area (Å²) in [7, 11) is 0. The van der Waals surface area contributed by atoms with Crippen molar-refractivity contribution < 1.29 is 9.18 Å². The molecular weight excluding hydrogens is 377 g/mol. The minimum Gasteiger partial charge on any atom is -0.322 e. The van der Waals surface area contributed by atoms with E-state index in [1.807, 2.05) is 19.1 Å². The first-order valence-corrected chi connectivity index (χ1v) is 7.08. The van der Waals surface area contributed by atoms with Crippen LogP contribution in [-0.2, 0) is 0 Å². The molecule has 2 rings (SSSR count). The van der Waals surface area contributed by atoms with Gasteiger partial charge in [-0.3, -0.25) is 4.79 Å². The van der Waals surface area contributed by atoms with Crippen molar-refractivity contribution in [2.24, 2.45) is 0 Å². The molecule has 5 heteroatoms. The zero-order valence-corrected chi connectivity index (χ0v) is 13.2. The quantitative estimate of drug-likeness (QED) is 0.780. The van der Waals surface area contributed by atoms with Gasteiger partial charge in [-0.25, -0.2) is 4.39 Å². The number of aryl methyl sites for hydroxylation is 1. The van der Waals surface area contributed by atoms with Crippen molar-refractivity contribution in [3.8, 4) is 0 Å². The molecule has 0 bridgehead atoms. The number of anilines is 1. The third-order valence-corrected chi connectivity index (χ3v) is 3.42. The van der Waals surface area contributed by atoms with Crippen LogP contribution in [0.15, 0.2) is 45.3 Å². The van der Waals surface area contributed by atoms with Crippen molar-refractivity contribution >= 4 is 43.5 Å². The number of halogens is 3. The Kier molecular flexibility index (Phi) is 4.37. The molecule has 0 saturated heterocycles. The number of hydrogen-bond donors (Lipinski definition) is 1. The molecule has 0 spiro atoms. The highest BCUT2D eigenvalue weighted by atomic mass is 79.9. The maximum absolute atomic E-state index is 13.6. The zero-order valence-electron chi connectivity index (χ0n) is 10.0. The number of nitrogens with one attached hydrogen (secondary N) is 1. The Labute approximate surface area is 127 Å². The van der Waals surface area contributed by atoms with E-state index in [1.54, 1.807) is 12.1 Å². The van der Waals surface area contributed by atoms with E-state index in [-0.39, 0.29) is 5.56 Å². The summed E-state index contributed by atoms with van der Waals surface area (Å²) in [6, 6.07) is 9.77. The lowest BCUT2D eigenvalue weighted by atomic mass is 10.2. The van der Waals surface area contributed by atoms with E-state index in [0.29, 0.717) is 10.2 Å². The Morgan fingerprint density at radius 3 is 2.53 bits per heavy atom. The van der Waals surface area contributed by atoms with Crippen LogP contribution < -0.4 is 5.32 Å². The molecule has 0 aliphatic carbocycles. The SMILES string of the molecule is Cc1cc(Br)cc(NC(=O)c2cc(Br)ccc2F)c1. The molecule has 19 heavy (non-hydrogen) atoms. The van der Waals surface area contributed by atoms with E-state index in [0.717, 1.165) is 10.0 Å². The molecule has 2 nitrogen and oxygen atoms in total. The number of benzene rings is 2. The molecule has 2 aromatic carbocycles. The maximum Gasteiger partial charge on any atom is 0.258 e. The van der Waals surface area contributed by atoms with Crippen molar-refractivity contribution in [2.75, 3.05) is 5.32 Å². The van der Waals surface area contributed by atoms with Gasteiger partial charge in [0.25, 0.3) is 5.91 Å². The lowest BCUT2D eigenvalue weighted by molar-refractivity contribution is 0.102. The predicted octanol–water partition coefficient (Wildman–Crippen LogP) is 4.91. The van der Waals surface area contributed by atoms with Gasteiger partial charge in [0.05, 0.1) is 5.56 Å². The molecule has 2 aromatic rings. The average Bonchev–Trinajstić information content (AvgIpc) is 2.30. The van der Waals surface area contributed by atoms with Crippen LogP contribution in [0.3, 0.4) is 0 Å². The van der Waals surface area contributed by atoms with Gasteiger partial charge in [-0.2, -0.15) is 0 Å². The number of rotatable bonds is 2. The topological polar surface area (TPSA) is 29.1 Å². The summed E-state index contributed by atoms with van der Waals surface area (Å²) in [6.45, 7) is 1.92. The zero-order chi connectivity index (χ0) is 14.0. The van der Waals surface area contributed by atoms with Crippen molar-refractivity contribution in [3.05, 3.63) is 62.3 Å². The molecule has 0 unspecified atom stereocenters. The van der Waals surface area contributed by atoms with Crippen molar-refractivity contribution in [1.82, 2.24) is 0 Å². The lowest BCUT2D eigenvalue weighted by Crippen LogP contribution is -2.13. The van der Waals surface area contributed by atoms with Crippen molar-refractivity contribution in [2.45, 2.75) is 6.92 Å². The van der Waals surface area contributed by atoms with E-state index >= 15 is 0 Å². The van der Waals surface area contributed by atoms with Crippen LogP contribution in [0.1, 0.15) is 15.9 Å². The standard InChI is InChI=1S/C14H10Br2FNO/c1-8-4-10(16)6-11(5-8)18-14(19)12-7-9(15)2-3-13(12)17/h2-7H,1H3,(H,18,19). The number of hydrogen-bond acceptors (Lipinski definition) is 1. The Bertz CT molecular complexity index is 623. The van der Waals surface area contributed by atoms with E-state index in [9.17, 15) is 9.18 Å². The van der Waals surface area contributed by atoms with Crippen LogP contribution in [0, 0.1) is 12.7 Å². The van der Waals surface area contributed by atoms with E-state index in [1.165, 1.54) is 12.1 Å². The third-order valence-electron chi connectivity index (χ3n) is 2.47. The molecule has 0 heterocycles. The van der Waals surface area contributed by atoms with E-state index in [2.05, 4.69) is 37.2 Å². The second kappa shape index (κ2) is 5.84. The molecule has 98 valence electrons. The average molecular weight is 387 g/mol. The fourth-order valence-electron chi connectivity index (χ4n) is 1.68. The fourth-order valence-corrected chi connectivity index (χ4v) is 2.65. The molecule has 0 saturated carbocycles. The van der Waals surface area contributed by atoms with Crippen LogP contribution in [0.5, 0.6) is 0 Å². The van der Waals surface area contributed by atoms with Gasteiger partial charge >= 0.3 is 0 Å². The number of amides is 1. The summed E-state index contributed by atoms with van der Waals surface area (Å²) >= 11 is 6.57. The van der Waals surface area contributed by atoms with Crippen molar-refractivity contribution in [3.63, 3.8) is 0 Å². The first-order chi connectivity index (χ1) is 8.95. The van der Waals surface area contributed by atoms with E-state index < -0.39 is 11.7 Å².